The smallest absolute Gasteiger partial charge is 0.272 e. The minimum absolute atomic E-state index is 0.109. The summed E-state index contributed by atoms with van der Waals surface area (Å²) in [5.74, 6) is 1.39. The SMILES string of the molecule is COc1cccc(-n2c(SCC(=O)Nc3nc4ccccc4s3)nc3c(c2=O)SCC3)c1. The second-order valence-corrected chi connectivity index (χ2v) is 10.0. The van der Waals surface area contributed by atoms with Crippen LogP contribution in [-0.2, 0) is 11.2 Å². The van der Waals surface area contributed by atoms with Crippen molar-refractivity contribution in [3.05, 3.63) is 64.6 Å². The highest BCUT2D eigenvalue weighted by molar-refractivity contribution is 8.00. The van der Waals surface area contributed by atoms with E-state index >= 15 is 0 Å². The Labute approximate surface area is 196 Å². The second kappa shape index (κ2) is 8.97. The second-order valence-electron chi connectivity index (χ2n) is 6.93. The predicted molar refractivity (Wildman–Crippen MR) is 130 cm³/mol. The summed E-state index contributed by atoms with van der Waals surface area (Å²) >= 11 is 4.19. The van der Waals surface area contributed by atoms with Gasteiger partial charge in [-0.2, -0.15) is 0 Å². The number of methoxy groups -OCH3 is 1. The molecule has 0 fully saturated rings. The standard InChI is InChI=1S/C22H18N4O3S3/c1-29-14-6-4-5-13(11-14)26-20(28)19-16(9-10-30-19)24-22(26)31-12-18(27)25-21-23-15-7-2-3-8-17(15)32-21/h2-8,11H,9-10,12H2,1H3,(H,23,25,27). The first-order valence-corrected chi connectivity index (χ1v) is 12.6. The number of nitrogens with one attached hydrogen (secondary N) is 1. The quantitative estimate of drug-likeness (QED) is 0.325. The molecule has 1 N–H and O–H groups in total. The van der Waals surface area contributed by atoms with Crippen molar-refractivity contribution in [2.24, 2.45) is 0 Å². The number of hydrogen-bond acceptors (Lipinski definition) is 8. The van der Waals surface area contributed by atoms with Gasteiger partial charge in [-0.3, -0.25) is 14.2 Å². The maximum absolute atomic E-state index is 13.3. The van der Waals surface area contributed by atoms with Gasteiger partial charge in [0.15, 0.2) is 10.3 Å². The van der Waals surface area contributed by atoms with Gasteiger partial charge in [0.25, 0.3) is 5.56 Å². The van der Waals surface area contributed by atoms with Crippen molar-refractivity contribution in [1.82, 2.24) is 14.5 Å². The van der Waals surface area contributed by atoms with Crippen LogP contribution in [0.1, 0.15) is 5.69 Å². The molecule has 0 aliphatic carbocycles. The molecule has 2 aromatic heterocycles. The Bertz CT molecular complexity index is 1350. The summed E-state index contributed by atoms with van der Waals surface area (Å²) < 4.78 is 7.90. The van der Waals surface area contributed by atoms with Gasteiger partial charge >= 0.3 is 0 Å². The molecule has 0 radical (unpaired) electrons. The van der Waals surface area contributed by atoms with E-state index in [1.165, 1.54) is 34.9 Å². The van der Waals surface area contributed by atoms with Crippen LogP contribution < -0.4 is 15.6 Å². The molecular weight excluding hydrogens is 464 g/mol. The van der Waals surface area contributed by atoms with E-state index in [2.05, 4.69) is 10.3 Å². The van der Waals surface area contributed by atoms with Gasteiger partial charge in [-0.15, -0.1) is 11.8 Å². The molecule has 1 aliphatic rings. The minimum Gasteiger partial charge on any atom is -0.497 e. The zero-order chi connectivity index (χ0) is 22.1. The summed E-state index contributed by atoms with van der Waals surface area (Å²) in [5, 5.41) is 3.90. The molecule has 5 rings (SSSR count). The number of thiazole rings is 1. The topological polar surface area (TPSA) is 86.1 Å². The number of rotatable bonds is 6. The number of aryl methyl sites for hydroxylation is 1. The highest BCUT2D eigenvalue weighted by Crippen LogP contribution is 2.31. The lowest BCUT2D eigenvalue weighted by atomic mass is 10.3. The number of ether oxygens (including phenoxy) is 1. The zero-order valence-electron chi connectivity index (χ0n) is 17.0. The summed E-state index contributed by atoms with van der Waals surface area (Å²) in [4.78, 5) is 35.7. The van der Waals surface area contributed by atoms with E-state index in [-0.39, 0.29) is 17.2 Å². The first-order chi connectivity index (χ1) is 15.6. The number of aromatic nitrogens is 3. The Morgan fingerprint density at radius 2 is 2.09 bits per heavy atom. The fourth-order valence-corrected chi connectivity index (χ4v) is 6.11. The third kappa shape index (κ3) is 4.13. The average Bonchev–Trinajstić information content (AvgIpc) is 3.44. The molecule has 0 unspecified atom stereocenters. The molecule has 0 saturated carbocycles. The normalized spacial score (nSPS) is 12.7. The van der Waals surface area contributed by atoms with Crippen LogP contribution in [0.15, 0.2) is 63.4 Å². The lowest BCUT2D eigenvalue weighted by molar-refractivity contribution is -0.113. The summed E-state index contributed by atoms with van der Waals surface area (Å²) in [6, 6.07) is 15.0. The first kappa shape index (κ1) is 21.0. The molecule has 0 saturated heterocycles. The van der Waals surface area contributed by atoms with Crippen molar-refractivity contribution >= 4 is 56.1 Å². The number of carbonyl (C=O) groups excluding carboxylic acids is 1. The van der Waals surface area contributed by atoms with Gasteiger partial charge in [-0.1, -0.05) is 41.3 Å². The van der Waals surface area contributed by atoms with Crippen LogP contribution in [-0.4, -0.2) is 39.1 Å². The molecule has 4 aromatic rings. The summed E-state index contributed by atoms with van der Waals surface area (Å²) in [7, 11) is 1.58. The molecular formula is C22H18N4O3S3. The van der Waals surface area contributed by atoms with Crippen molar-refractivity contribution in [3.63, 3.8) is 0 Å². The molecule has 7 nitrogen and oxygen atoms in total. The van der Waals surface area contributed by atoms with Crippen molar-refractivity contribution in [3.8, 4) is 11.4 Å². The van der Waals surface area contributed by atoms with Crippen molar-refractivity contribution in [2.75, 3.05) is 23.9 Å². The van der Waals surface area contributed by atoms with Crippen LogP contribution in [0.5, 0.6) is 5.75 Å². The molecule has 0 bridgehead atoms. The highest BCUT2D eigenvalue weighted by atomic mass is 32.2. The Morgan fingerprint density at radius 3 is 2.94 bits per heavy atom. The number of anilines is 1. The third-order valence-electron chi connectivity index (χ3n) is 4.85. The molecule has 2 aromatic carbocycles. The largest absolute Gasteiger partial charge is 0.497 e. The van der Waals surface area contributed by atoms with E-state index in [0.29, 0.717) is 26.6 Å². The molecule has 32 heavy (non-hydrogen) atoms. The van der Waals surface area contributed by atoms with E-state index in [1.807, 2.05) is 42.5 Å². The van der Waals surface area contributed by atoms with Gasteiger partial charge in [0.05, 0.1) is 39.4 Å². The molecule has 1 amide bonds. The van der Waals surface area contributed by atoms with Gasteiger partial charge in [-0.05, 0) is 24.3 Å². The van der Waals surface area contributed by atoms with E-state index in [0.717, 1.165) is 28.1 Å². The van der Waals surface area contributed by atoms with E-state index in [9.17, 15) is 9.59 Å². The molecule has 1 aliphatic heterocycles. The van der Waals surface area contributed by atoms with Gasteiger partial charge in [0, 0.05) is 18.2 Å². The van der Waals surface area contributed by atoms with Crippen LogP contribution in [0.3, 0.4) is 0 Å². The number of thioether (sulfide) groups is 2. The van der Waals surface area contributed by atoms with Crippen LogP contribution in [0.4, 0.5) is 5.13 Å². The Kier molecular flexibility index (Phi) is 5.90. The van der Waals surface area contributed by atoms with Crippen molar-refractivity contribution < 1.29 is 9.53 Å². The Hall–Kier alpha value is -2.82. The average molecular weight is 483 g/mol. The summed E-state index contributed by atoms with van der Waals surface area (Å²) in [6.45, 7) is 0. The van der Waals surface area contributed by atoms with Crippen molar-refractivity contribution in [2.45, 2.75) is 16.5 Å². The molecule has 0 atom stereocenters. The minimum atomic E-state index is -0.199. The van der Waals surface area contributed by atoms with Gasteiger partial charge < -0.3 is 10.1 Å². The summed E-state index contributed by atoms with van der Waals surface area (Å²) in [6.07, 6.45) is 0.750. The van der Waals surface area contributed by atoms with Crippen LogP contribution in [0.25, 0.3) is 15.9 Å². The monoisotopic (exact) mass is 482 g/mol. The van der Waals surface area contributed by atoms with Crippen molar-refractivity contribution in [1.29, 1.82) is 0 Å². The Balaban J connectivity index is 1.41. The lowest BCUT2D eigenvalue weighted by Gasteiger charge is -2.14. The first-order valence-electron chi connectivity index (χ1n) is 9.84. The van der Waals surface area contributed by atoms with Crippen LogP contribution in [0, 0.1) is 0 Å². The van der Waals surface area contributed by atoms with E-state index in [4.69, 9.17) is 9.72 Å². The number of hydrogen-bond donors (Lipinski definition) is 1. The Morgan fingerprint density at radius 1 is 1.22 bits per heavy atom. The molecule has 0 spiro atoms. The number of carbonyl (C=O) groups is 1. The predicted octanol–water partition coefficient (Wildman–Crippen LogP) is 4.23. The summed E-state index contributed by atoms with van der Waals surface area (Å²) in [5.41, 5.74) is 2.20. The fourth-order valence-electron chi connectivity index (χ4n) is 3.38. The maximum Gasteiger partial charge on any atom is 0.272 e. The van der Waals surface area contributed by atoms with Crippen LogP contribution >= 0.6 is 34.9 Å². The molecule has 10 heteroatoms. The van der Waals surface area contributed by atoms with Gasteiger partial charge in [0.2, 0.25) is 5.91 Å². The molecule has 3 heterocycles. The number of fused-ring (bicyclic) bond motifs is 2. The number of para-hydroxylation sites is 1. The van der Waals surface area contributed by atoms with E-state index in [1.54, 1.807) is 17.7 Å². The number of amides is 1. The molecule has 162 valence electrons. The number of benzene rings is 2. The lowest BCUT2D eigenvalue weighted by Crippen LogP contribution is -2.24. The van der Waals surface area contributed by atoms with Gasteiger partial charge in [-0.25, -0.2) is 9.97 Å². The van der Waals surface area contributed by atoms with E-state index < -0.39 is 0 Å². The van der Waals surface area contributed by atoms with Crippen LogP contribution in [0.2, 0.25) is 0 Å². The van der Waals surface area contributed by atoms with Gasteiger partial charge in [0.1, 0.15) is 5.75 Å². The maximum atomic E-state index is 13.3. The highest BCUT2D eigenvalue weighted by Gasteiger charge is 2.23. The number of nitrogens with zero attached hydrogens (tertiary/aromatic N) is 3. The fraction of sp³-hybridized carbons (Fsp3) is 0.182. The third-order valence-corrected chi connectivity index (χ3v) is 7.85. The zero-order valence-corrected chi connectivity index (χ0v) is 19.5.